The number of aliphatic carboxylic acids is 1. The van der Waals surface area contributed by atoms with Gasteiger partial charge in [-0.15, -0.1) is 0 Å². The van der Waals surface area contributed by atoms with Gasteiger partial charge in [0.1, 0.15) is 0 Å². The molecule has 0 saturated carbocycles. The van der Waals surface area contributed by atoms with Crippen LogP contribution in [0.25, 0.3) is 0 Å². The van der Waals surface area contributed by atoms with E-state index in [0.717, 1.165) is 0 Å². The van der Waals surface area contributed by atoms with Crippen LogP contribution in [0.1, 0.15) is 20.8 Å². The highest BCUT2D eigenvalue weighted by Gasteiger charge is 2.10. The predicted molar refractivity (Wildman–Crippen MR) is 37.9 cm³/mol. The van der Waals surface area contributed by atoms with Crippen LogP contribution in [0.4, 0.5) is 0 Å². The van der Waals surface area contributed by atoms with E-state index in [2.05, 4.69) is 0 Å². The maximum absolute atomic E-state index is 10.2. The zero-order valence-electron chi connectivity index (χ0n) is 6.63. The summed E-state index contributed by atoms with van der Waals surface area (Å²) in [6, 6.07) is 0. The Morgan fingerprint density at radius 1 is 1.50 bits per heavy atom. The van der Waals surface area contributed by atoms with Gasteiger partial charge in [-0.3, -0.25) is 0 Å². The molecule has 10 heavy (non-hydrogen) atoms. The third kappa shape index (κ3) is 4.32. The second-order valence-corrected chi connectivity index (χ2v) is 2.71. The third-order valence-electron chi connectivity index (χ3n) is 1.03. The number of rotatable bonds is 4. The summed E-state index contributed by atoms with van der Waals surface area (Å²) < 4.78 is 4.97. The normalized spacial score (nSPS) is 13.6. The average molecular weight is 146 g/mol. The van der Waals surface area contributed by atoms with Gasteiger partial charge >= 0.3 is 5.97 Å². The van der Waals surface area contributed by atoms with Gasteiger partial charge in [-0.25, -0.2) is 4.79 Å². The monoisotopic (exact) mass is 146 g/mol. The van der Waals surface area contributed by atoms with Gasteiger partial charge in [0.2, 0.25) is 0 Å². The highest BCUT2D eigenvalue weighted by atomic mass is 16.5. The van der Waals surface area contributed by atoms with Crippen molar-refractivity contribution in [3.8, 4) is 0 Å². The summed E-state index contributed by atoms with van der Waals surface area (Å²) in [5, 5.41) is 8.37. The zero-order chi connectivity index (χ0) is 8.15. The molecular weight excluding hydrogens is 132 g/mol. The van der Waals surface area contributed by atoms with Crippen molar-refractivity contribution in [3.05, 3.63) is 0 Å². The first kappa shape index (κ1) is 9.43. The molecule has 0 radical (unpaired) electrons. The average Bonchev–Trinajstić information content (AvgIpc) is 1.82. The highest BCUT2D eigenvalue weighted by Crippen LogP contribution is 1.97. The van der Waals surface area contributed by atoms with E-state index in [0.29, 0.717) is 12.5 Å². The van der Waals surface area contributed by atoms with Crippen molar-refractivity contribution >= 4 is 5.97 Å². The summed E-state index contributed by atoms with van der Waals surface area (Å²) in [6.45, 7) is 6.00. The molecule has 1 N–H and O–H groups in total. The van der Waals surface area contributed by atoms with Crippen LogP contribution >= 0.6 is 0 Å². The fourth-order valence-corrected chi connectivity index (χ4v) is 0.408. The van der Waals surface area contributed by atoms with Crippen LogP contribution in [0.5, 0.6) is 0 Å². The quantitative estimate of drug-likeness (QED) is 0.646. The van der Waals surface area contributed by atoms with Crippen LogP contribution in [-0.4, -0.2) is 23.8 Å². The second kappa shape index (κ2) is 4.28. The van der Waals surface area contributed by atoms with Gasteiger partial charge < -0.3 is 9.84 Å². The van der Waals surface area contributed by atoms with Crippen LogP contribution in [0.2, 0.25) is 0 Å². The van der Waals surface area contributed by atoms with Crippen molar-refractivity contribution in [2.45, 2.75) is 26.9 Å². The molecule has 0 aromatic rings. The van der Waals surface area contributed by atoms with E-state index in [4.69, 9.17) is 9.84 Å². The van der Waals surface area contributed by atoms with Crippen molar-refractivity contribution in [2.24, 2.45) is 5.92 Å². The molecule has 0 rings (SSSR count). The molecule has 1 atom stereocenters. The Balaban J connectivity index is 3.40. The molecule has 0 aromatic heterocycles. The molecule has 0 spiro atoms. The Hall–Kier alpha value is -0.570. The topological polar surface area (TPSA) is 46.5 Å². The number of carboxylic acids is 1. The highest BCUT2D eigenvalue weighted by molar-refractivity contribution is 5.71. The molecule has 1 unspecified atom stereocenters. The van der Waals surface area contributed by atoms with E-state index < -0.39 is 12.1 Å². The van der Waals surface area contributed by atoms with Gasteiger partial charge in [0.05, 0.1) is 6.61 Å². The summed E-state index contributed by atoms with van der Waals surface area (Å²) in [5.74, 6) is -0.512. The minimum atomic E-state index is -0.902. The minimum Gasteiger partial charge on any atom is -0.479 e. The lowest BCUT2D eigenvalue weighted by Crippen LogP contribution is -2.21. The number of carboxylic acid groups (broad SMARTS) is 1. The Bertz CT molecular complexity index is 109. The lowest BCUT2D eigenvalue weighted by atomic mass is 10.2. The van der Waals surface area contributed by atoms with Crippen molar-refractivity contribution in [2.75, 3.05) is 6.61 Å². The largest absolute Gasteiger partial charge is 0.479 e. The fraction of sp³-hybridized carbons (Fsp3) is 0.857. The summed E-state index contributed by atoms with van der Waals surface area (Å²) in [7, 11) is 0. The van der Waals surface area contributed by atoms with Crippen LogP contribution in [0.3, 0.4) is 0 Å². The van der Waals surface area contributed by atoms with E-state index >= 15 is 0 Å². The van der Waals surface area contributed by atoms with Crippen LogP contribution in [-0.2, 0) is 9.53 Å². The molecule has 60 valence electrons. The van der Waals surface area contributed by atoms with E-state index in [1.807, 2.05) is 13.8 Å². The van der Waals surface area contributed by atoms with Gasteiger partial charge in [-0.1, -0.05) is 13.8 Å². The van der Waals surface area contributed by atoms with Gasteiger partial charge in [0.15, 0.2) is 6.10 Å². The van der Waals surface area contributed by atoms with Crippen molar-refractivity contribution in [1.29, 1.82) is 0 Å². The van der Waals surface area contributed by atoms with Crippen LogP contribution < -0.4 is 0 Å². The van der Waals surface area contributed by atoms with Crippen molar-refractivity contribution in [1.82, 2.24) is 0 Å². The Kier molecular flexibility index (Phi) is 4.03. The van der Waals surface area contributed by atoms with E-state index in [1.165, 1.54) is 6.92 Å². The Morgan fingerprint density at radius 3 is 2.30 bits per heavy atom. The maximum Gasteiger partial charge on any atom is 0.332 e. The summed E-state index contributed by atoms with van der Waals surface area (Å²) >= 11 is 0. The van der Waals surface area contributed by atoms with Crippen molar-refractivity contribution < 1.29 is 14.6 Å². The second-order valence-electron chi connectivity index (χ2n) is 2.71. The fourth-order valence-electron chi connectivity index (χ4n) is 0.408. The standard InChI is InChI=1S/C7H14O3/c1-5(2)4-10-6(3)7(8)9/h5-6H,4H2,1-3H3,(H,8,9). The molecule has 3 nitrogen and oxygen atoms in total. The molecule has 0 fully saturated rings. The smallest absolute Gasteiger partial charge is 0.332 e. The Morgan fingerprint density at radius 2 is 2.00 bits per heavy atom. The number of carbonyl (C=O) groups is 1. The SMILES string of the molecule is CC(C)COC(C)C(=O)O. The molecular formula is C7H14O3. The molecule has 0 aliphatic heterocycles. The first-order valence-electron chi connectivity index (χ1n) is 3.38. The van der Waals surface area contributed by atoms with Gasteiger partial charge in [0.25, 0.3) is 0 Å². The number of hydrogen-bond acceptors (Lipinski definition) is 2. The molecule has 0 saturated heterocycles. The first-order valence-corrected chi connectivity index (χ1v) is 3.38. The predicted octanol–water partition coefficient (Wildman–Crippen LogP) is 1.13. The minimum absolute atomic E-state index is 0.391. The molecule has 0 aliphatic rings. The van der Waals surface area contributed by atoms with E-state index in [-0.39, 0.29) is 0 Å². The number of ether oxygens (including phenoxy) is 1. The van der Waals surface area contributed by atoms with Gasteiger partial charge in [0, 0.05) is 0 Å². The van der Waals surface area contributed by atoms with Gasteiger partial charge in [-0.05, 0) is 12.8 Å². The first-order chi connectivity index (χ1) is 4.54. The Labute approximate surface area is 61.0 Å². The summed E-state index contributed by atoms with van der Waals surface area (Å²) in [4.78, 5) is 10.2. The molecule has 0 heterocycles. The molecule has 0 bridgehead atoms. The molecule has 0 amide bonds. The summed E-state index contributed by atoms with van der Waals surface area (Å²) in [6.07, 6.45) is -0.678. The lowest BCUT2D eigenvalue weighted by Gasteiger charge is -2.09. The van der Waals surface area contributed by atoms with Crippen LogP contribution in [0, 0.1) is 5.92 Å². The van der Waals surface area contributed by atoms with Gasteiger partial charge in [-0.2, -0.15) is 0 Å². The lowest BCUT2D eigenvalue weighted by molar-refractivity contribution is -0.149. The molecule has 3 heteroatoms. The summed E-state index contributed by atoms with van der Waals surface area (Å²) in [5.41, 5.74) is 0. The zero-order valence-corrected chi connectivity index (χ0v) is 6.63. The molecule has 0 aromatic carbocycles. The number of hydrogen-bond donors (Lipinski definition) is 1. The van der Waals surface area contributed by atoms with E-state index in [9.17, 15) is 4.79 Å². The van der Waals surface area contributed by atoms with Crippen molar-refractivity contribution in [3.63, 3.8) is 0 Å². The van der Waals surface area contributed by atoms with E-state index in [1.54, 1.807) is 0 Å². The van der Waals surface area contributed by atoms with Crippen LogP contribution in [0.15, 0.2) is 0 Å². The molecule has 0 aliphatic carbocycles. The maximum atomic E-state index is 10.2. The third-order valence-corrected chi connectivity index (χ3v) is 1.03.